The van der Waals surface area contributed by atoms with Crippen LogP contribution in [-0.2, 0) is 20.8 Å². The fourth-order valence-electron chi connectivity index (χ4n) is 3.43. The number of aliphatic hydroxyl groups is 1. The third-order valence-corrected chi connectivity index (χ3v) is 7.65. The number of nitrogens with zero attached hydrogens (tertiary/aromatic N) is 1. The number of hydrogen-bond acceptors (Lipinski definition) is 7. The number of nitrogens with one attached hydrogen (secondary N) is 1. The average molecular weight is 717 g/mol. The molecule has 1 aliphatic carbocycles. The Labute approximate surface area is 225 Å². The van der Waals surface area contributed by atoms with Crippen molar-refractivity contribution in [1.29, 1.82) is 0 Å². The first kappa shape index (κ1) is 26.7. The highest BCUT2D eigenvalue weighted by Gasteiger charge is 2.50. The first-order valence-corrected chi connectivity index (χ1v) is 13.2. The van der Waals surface area contributed by atoms with Gasteiger partial charge in [-0.15, -0.1) is 0 Å². The molecule has 0 saturated carbocycles. The van der Waals surface area contributed by atoms with Crippen molar-refractivity contribution in [3.8, 4) is 5.75 Å². The summed E-state index contributed by atoms with van der Waals surface area (Å²) in [6.07, 6.45) is 2.08. The molecule has 1 aliphatic heterocycles. The van der Waals surface area contributed by atoms with Crippen LogP contribution in [-0.4, -0.2) is 55.2 Å². The summed E-state index contributed by atoms with van der Waals surface area (Å²) in [6.45, 7) is 1.38. The van der Waals surface area contributed by atoms with Gasteiger partial charge in [0.1, 0.15) is 23.3 Å². The van der Waals surface area contributed by atoms with E-state index in [1.54, 1.807) is 6.08 Å². The second-order valence-corrected chi connectivity index (χ2v) is 10.8. The molecular formula is C21H23Br4N3O5. The van der Waals surface area contributed by atoms with Gasteiger partial charge in [0.15, 0.2) is 5.60 Å². The average Bonchev–Trinajstić information content (AvgIpc) is 3.19. The Morgan fingerprint density at radius 3 is 2.67 bits per heavy atom. The van der Waals surface area contributed by atoms with Crippen LogP contribution in [0.1, 0.15) is 18.4 Å². The molecule has 0 fully saturated rings. The Morgan fingerprint density at radius 1 is 1.33 bits per heavy atom. The highest BCUT2D eigenvalue weighted by atomic mass is 79.9. The maximum Gasteiger partial charge on any atom is 0.269 e. The Kier molecular flexibility index (Phi) is 9.44. The number of rotatable bonds is 9. The van der Waals surface area contributed by atoms with Crippen molar-refractivity contribution in [1.82, 2.24) is 5.32 Å². The zero-order chi connectivity index (χ0) is 24.2. The Hall–Kier alpha value is -0.920. The largest absolute Gasteiger partial charge is 0.495 e. The van der Waals surface area contributed by atoms with Crippen LogP contribution in [0.2, 0.25) is 0 Å². The molecule has 0 aromatic heterocycles. The Bertz CT molecular complexity index is 991. The smallest absolute Gasteiger partial charge is 0.269 e. The molecule has 1 heterocycles. The lowest BCUT2D eigenvalue weighted by atomic mass is 9.87. The molecule has 12 heteroatoms. The van der Waals surface area contributed by atoms with E-state index in [1.807, 2.05) is 12.1 Å². The van der Waals surface area contributed by atoms with Crippen LogP contribution in [0, 0.1) is 0 Å². The zero-order valence-corrected chi connectivity index (χ0v) is 24.0. The lowest BCUT2D eigenvalue weighted by Gasteiger charge is -2.33. The van der Waals surface area contributed by atoms with E-state index in [1.165, 1.54) is 7.11 Å². The number of oxime groups is 1. The summed E-state index contributed by atoms with van der Waals surface area (Å²) >= 11 is 13.8. The number of aliphatic hydroxyl groups excluding tert-OH is 1. The van der Waals surface area contributed by atoms with E-state index in [-0.39, 0.29) is 18.0 Å². The van der Waals surface area contributed by atoms with E-state index < -0.39 is 11.7 Å². The Morgan fingerprint density at radius 2 is 2.03 bits per heavy atom. The van der Waals surface area contributed by atoms with Gasteiger partial charge >= 0.3 is 0 Å². The van der Waals surface area contributed by atoms with Crippen LogP contribution in [0.4, 0.5) is 0 Å². The van der Waals surface area contributed by atoms with Crippen LogP contribution < -0.4 is 15.8 Å². The molecule has 2 atom stereocenters. The molecule has 33 heavy (non-hydrogen) atoms. The zero-order valence-electron chi connectivity index (χ0n) is 17.7. The standard InChI is InChI=1S/C21H23Br4N3O5/c1-31-18-14(24)9-21(19(29)16(18)25)10-15(28-33-21)20(30)27-5-2-6-32-17-12(22)7-11(3-4-26)8-13(17)23/h7-9,19,29H,2-6,10,26H2,1H3,(H,27,30)/t19-,21+/m0/s1. The minimum atomic E-state index is -1.18. The quantitative estimate of drug-likeness (QED) is 0.333. The second kappa shape index (κ2) is 11.7. The second-order valence-electron chi connectivity index (χ2n) is 7.42. The van der Waals surface area contributed by atoms with Crippen molar-refractivity contribution in [3.63, 3.8) is 0 Å². The van der Waals surface area contributed by atoms with Gasteiger partial charge in [0.05, 0.1) is 31.6 Å². The lowest BCUT2D eigenvalue weighted by Crippen LogP contribution is -2.45. The fraction of sp³-hybridized carbons (Fsp3) is 0.429. The van der Waals surface area contributed by atoms with Crippen LogP contribution in [0.15, 0.2) is 47.0 Å². The predicted octanol–water partition coefficient (Wildman–Crippen LogP) is 4.02. The van der Waals surface area contributed by atoms with Crippen molar-refractivity contribution < 1.29 is 24.2 Å². The van der Waals surface area contributed by atoms with Crippen LogP contribution in [0.25, 0.3) is 0 Å². The van der Waals surface area contributed by atoms with E-state index in [0.29, 0.717) is 46.6 Å². The van der Waals surface area contributed by atoms with Gasteiger partial charge in [0, 0.05) is 13.0 Å². The molecule has 1 aromatic rings. The molecule has 3 rings (SSSR count). The highest BCUT2D eigenvalue weighted by molar-refractivity contribution is 9.12. The van der Waals surface area contributed by atoms with E-state index >= 15 is 0 Å². The molecule has 4 N–H and O–H groups in total. The fourth-order valence-corrected chi connectivity index (χ4v) is 6.73. The predicted molar refractivity (Wildman–Crippen MR) is 140 cm³/mol. The maximum atomic E-state index is 12.6. The molecule has 1 amide bonds. The minimum absolute atomic E-state index is 0.118. The normalized spacial score (nSPS) is 22.1. The Balaban J connectivity index is 1.48. The summed E-state index contributed by atoms with van der Waals surface area (Å²) in [6, 6.07) is 3.97. The van der Waals surface area contributed by atoms with E-state index in [9.17, 15) is 9.90 Å². The monoisotopic (exact) mass is 713 g/mol. The summed E-state index contributed by atoms with van der Waals surface area (Å²) in [5, 5.41) is 17.4. The number of amides is 1. The molecule has 180 valence electrons. The van der Waals surface area contributed by atoms with E-state index in [0.717, 1.165) is 20.9 Å². The summed E-state index contributed by atoms with van der Waals surface area (Å²) in [7, 11) is 1.50. The molecule has 0 saturated heterocycles. The first-order valence-electron chi connectivity index (χ1n) is 10.1. The number of nitrogens with two attached hydrogens (primary N) is 1. The third kappa shape index (κ3) is 6.02. The molecule has 0 unspecified atom stereocenters. The highest BCUT2D eigenvalue weighted by Crippen LogP contribution is 2.44. The minimum Gasteiger partial charge on any atom is -0.495 e. The number of methoxy groups -OCH3 is 1. The lowest BCUT2D eigenvalue weighted by molar-refractivity contribution is -0.114. The van der Waals surface area contributed by atoms with Crippen LogP contribution in [0.3, 0.4) is 0 Å². The van der Waals surface area contributed by atoms with Gasteiger partial charge in [-0.3, -0.25) is 4.79 Å². The summed E-state index contributed by atoms with van der Waals surface area (Å²) in [5.41, 5.74) is 5.75. The van der Waals surface area contributed by atoms with Crippen molar-refractivity contribution in [2.75, 3.05) is 26.8 Å². The number of carbonyl (C=O) groups is 1. The van der Waals surface area contributed by atoms with Crippen LogP contribution >= 0.6 is 63.7 Å². The van der Waals surface area contributed by atoms with Gasteiger partial charge in [-0.2, -0.15) is 0 Å². The summed E-state index contributed by atoms with van der Waals surface area (Å²) in [5.74, 6) is 0.812. The van der Waals surface area contributed by atoms with Gasteiger partial charge < -0.3 is 30.5 Å². The number of ether oxygens (including phenoxy) is 2. The van der Waals surface area contributed by atoms with E-state index in [4.69, 9.17) is 20.0 Å². The van der Waals surface area contributed by atoms with Crippen molar-refractivity contribution in [2.24, 2.45) is 10.9 Å². The summed E-state index contributed by atoms with van der Waals surface area (Å²) < 4.78 is 13.8. The van der Waals surface area contributed by atoms with Crippen LogP contribution in [0.5, 0.6) is 5.75 Å². The van der Waals surface area contributed by atoms with Crippen molar-refractivity contribution in [2.45, 2.75) is 31.0 Å². The SMILES string of the molecule is COC1=C(Br)[C@H](O)[C@@]2(C=C1Br)CC(C(=O)NCCCOc1c(Br)cc(CCN)cc1Br)=NO2. The van der Waals surface area contributed by atoms with Gasteiger partial charge in [-0.25, -0.2) is 0 Å². The molecule has 0 radical (unpaired) electrons. The van der Waals surface area contributed by atoms with E-state index in [2.05, 4.69) is 74.2 Å². The number of carbonyl (C=O) groups excluding carboxylic acids is 1. The molecule has 2 aliphatic rings. The number of allylic oxidation sites excluding steroid dienone is 1. The molecule has 0 bridgehead atoms. The van der Waals surface area contributed by atoms with Gasteiger partial charge in [0.2, 0.25) is 0 Å². The molecule has 1 spiro atoms. The number of halogens is 4. The first-order chi connectivity index (χ1) is 15.7. The van der Waals surface area contributed by atoms with Gasteiger partial charge in [0.25, 0.3) is 5.91 Å². The molecular weight excluding hydrogens is 694 g/mol. The molecule has 8 nitrogen and oxygen atoms in total. The van der Waals surface area contributed by atoms with Crippen molar-refractivity contribution >= 4 is 75.3 Å². The number of benzene rings is 1. The topological polar surface area (TPSA) is 115 Å². The van der Waals surface area contributed by atoms with Crippen molar-refractivity contribution in [3.05, 3.63) is 47.4 Å². The van der Waals surface area contributed by atoms with Gasteiger partial charge in [-0.05, 0) is 107 Å². The molecule has 1 aromatic carbocycles. The van der Waals surface area contributed by atoms with Gasteiger partial charge in [-0.1, -0.05) is 5.16 Å². The third-order valence-electron chi connectivity index (χ3n) is 5.09. The summed E-state index contributed by atoms with van der Waals surface area (Å²) in [4.78, 5) is 18.1. The number of hydrogen-bond donors (Lipinski definition) is 3. The maximum absolute atomic E-state index is 12.6.